The summed E-state index contributed by atoms with van der Waals surface area (Å²) in [6.07, 6.45) is 1.44. The summed E-state index contributed by atoms with van der Waals surface area (Å²) in [5, 5.41) is 3.75. The van der Waals surface area contributed by atoms with Crippen LogP contribution in [0.1, 0.15) is 38.8 Å². The van der Waals surface area contributed by atoms with Gasteiger partial charge in [-0.15, -0.1) is 0 Å². The molecule has 1 aromatic carbocycles. The van der Waals surface area contributed by atoms with Crippen molar-refractivity contribution in [1.29, 1.82) is 0 Å². The van der Waals surface area contributed by atoms with Gasteiger partial charge < -0.3 is 14.8 Å². The topological polar surface area (TPSA) is 30.5 Å². The van der Waals surface area contributed by atoms with Crippen LogP contribution in [0.15, 0.2) is 30.3 Å². The number of hydrogen-bond acceptors (Lipinski definition) is 3. The third-order valence-corrected chi connectivity index (χ3v) is 4.12. The Morgan fingerprint density at radius 2 is 1.95 bits per heavy atom. The summed E-state index contributed by atoms with van der Waals surface area (Å²) in [6, 6.07) is 11.4. The van der Waals surface area contributed by atoms with Gasteiger partial charge in [-0.25, -0.2) is 0 Å². The Morgan fingerprint density at radius 3 is 2.50 bits per heavy atom. The van der Waals surface area contributed by atoms with Crippen LogP contribution in [0, 0.1) is 5.92 Å². The minimum atomic E-state index is 0.167. The molecule has 0 aromatic heterocycles. The zero-order valence-electron chi connectivity index (χ0n) is 13.0. The quantitative estimate of drug-likeness (QED) is 0.830. The van der Waals surface area contributed by atoms with Crippen molar-refractivity contribution in [2.75, 3.05) is 13.7 Å². The van der Waals surface area contributed by atoms with Gasteiger partial charge in [0.15, 0.2) is 0 Å². The SMILES string of the molecule is CCOC1CC(NC(c2ccccc2)C(C)C)C1OC. The van der Waals surface area contributed by atoms with Crippen LogP contribution >= 0.6 is 0 Å². The van der Waals surface area contributed by atoms with Crippen molar-refractivity contribution in [2.45, 2.75) is 51.5 Å². The molecule has 20 heavy (non-hydrogen) atoms. The molecule has 3 heteroatoms. The second-order valence-electron chi connectivity index (χ2n) is 5.84. The first-order valence-electron chi connectivity index (χ1n) is 7.62. The van der Waals surface area contributed by atoms with Crippen LogP contribution in [0.2, 0.25) is 0 Å². The van der Waals surface area contributed by atoms with Gasteiger partial charge >= 0.3 is 0 Å². The summed E-state index contributed by atoms with van der Waals surface area (Å²) in [5.41, 5.74) is 1.34. The van der Waals surface area contributed by atoms with Gasteiger partial charge in [-0.2, -0.15) is 0 Å². The van der Waals surface area contributed by atoms with Gasteiger partial charge in [0.05, 0.1) is 12.2 Å². The van der Waals surface area contributed by atoms with Gasteiger partial charge in [0.1, 0.15) is 0 Å². The lowest BCUT2D eigenvalue weighted by Crippen LogP contribution is -2.60. The van der Waals surface area contributed by atoms with Gasteiger partial charge in [0, 0.05) is 25.8 Å². The maximum absolute atomic E-state index is 5.69. The average molecular weight is 277 g/mol. The third kappa shape index (κ3) is 3.40. The molecule has 0 radical (unpaired) electrons. The zero-order chi connectivity index (χ0) is 14.5. The van der Waals surface area contributed by atoms with E-state index in [-0.39, 0.29) is 12.2 Å². The highest BCUT2D eigenvalue weighted by atomic mass is 16.5. The normalized spacial score (nSPS) is 27.4. The monoisotopic (exact) mass is 277 g/mol. The van der Waals surface area contributed by atoms with E-state index < -0.39 is 0 Å². The number of methoxy groups -OCH3 is 1. The summed E-state index contributed by atoms with van der Waals surface area (Å²) in [7, 11) is 1.78. The van der Waals surface area contributed by atoms with Gasteiger partial charge in [0.2, 0.25) is 0 Å². The smallest absolute Gasteiger partial charge is 0.0987 e. The highest BCUT2D eigenvalue weighted by Gasteiger charge is 2.43. The van der Waals surface area contributed by atoms with Crippen molar-refractivity contribution in [1.82, 2.24) is 5.32 Å². The summed E-state index contributed by atoms with van der Waals surface area (Å²) >= 11 is 0. The van der Waals surface area contributed by atoms with Gasteiger partial charge in [0.25, 0.3) is 0 Å². The van der Waals surface area contributed by atoms with E-state index in [1.54, 1.807) is 7.11 Å². The van der Waals surface area contributed by atoms with Gasteiger partial charge in [-0.05, 0) is 24.8 Å². The lowest BCUT2D eigenvalue weighted by molar-refractivity contribution is -0.134. The number of nitrogens with one attached hydrogen (secondary N) is 1. The van der Waals surface area contributed by atoms with Crippen LogP contribution < -0.4 is 5.32 Å². The van der Waals surface area contributed by atoms with Crippen molar-refractivity contribution in [3.8, 4) is 0 Å². The molecule has 0 heterocycles. The first-order chi connectivity index (χ1) is 9.67. The molecule has 4 atom stereocenters. The van der Waals surface area contributed by atoms with Crippen molar-refractivity contribution in [3.05, 3.63) is 35.9 Å². The Bertz CT molecular complexity index is 393. The molecule has 0 aliphatic heterocycles. The number of ether oxygens (including phenoxy) is 2. The van der Waals surface area contributed by atoms with E-state index in [1.807, 2.05) is 6.92 Å². The minimum absolute atomic E-state index is 0.167. The molecule has 1 aliphatic carbocycles. The molecule has 3 nitrogen and oxygen atoms in total. The van der Waals surface area contributed by atoms with E-state index in [0.717, 1.165) is 13.0 Å². The zero-order valence-corrected chi connectivity index (χ0v) is 13.0. The van der Waals surface area contributed by atoms with Crippen LogP contribution in [0.5, 0.6) is 0 Å². The highest BCUT2D eigenvalue weighted by Crippen LogP contribution is 2.31. The van der Waals surface area contributed by atoms with Crippen LogP contribution in [-0.4, -0.2) is 32.0 Å². The molecule has 1 aromatic rings. The fourth-order valence-electron chi connectivity index (χ4n) is 3.00. The Labute approximate surface area is 122 Å². The average Bonchev–Trinajstić information content (AvgIpc) is 2.43. The van der Waals surface area contributed by atoms with E-state index in [4.69, 9.17) is 9.47 Å². The Hall–Kier alpha value is -0.900. The molecule has 0 bridgehead atoms. The highest BCUT2D eigenvalue weighted by molar-refractivity contribution is 5.20. The molecule has 0 amide bonds. The standard InChI is InChI=1S/C17H27NO2/c1-5-20-15-11-14(17(15)19-4)18-16(12(2)3)13-9-7-6-8-10-13/h6-10,12,14-18H,5,11H2,1-4H3. The molecule has 2 rings (SSSR count). The lowest BCUT2D eigenvalue weighted by Gasteiger charge is -2.45. The molecule has 1 fully saturated rings. The Kier molecular flexibility index (Phi) is 5.58. The lowest BCUT2D eigenvalue weighted by atomic mass is 9.83. The maximum atomic E-state index is 5.69. The van der Waals surface area contributed by atoms with E-state index in [0.29, 0.717) is 18.0 Å². The molecule has 1 aliphatic rings. The van der Waals surface area contributed by atoms with E-state index in [9.17, 15) is 0 Å². The molecular weight excluding hydrogens is 250 g/mol. The third-order valence-electron chi connectivity index (χ3n) is 4.12. The van der Waals surface area contributed by atoms with Crippen molar-refractivity contribution < 1.29 is 9.47 Å². The molecular formula is C17H27NO2. The van der Waals surface area contributed by atoms with Crippen molar-refractivity contribution in [2.24, 2.45) is 5.92 Å². The minimum Gasteiger partial charge on any atom is -0.377 e. The largest absolute Gasteiger partial charge is 0.377 e. The van der Waals surface area contributed by atoms with E-state index in [2.05, 4.69) is 49.5 Å². The first-order valence-corrected chi connectivity index (χ1v) is 7.62. The number of hydrogen-bond donors (Lipinski definition) is 1. The molecule has 1 saturated carbocycles. The molecule has 1 N–H and O–H groups in total. The van der Waals surface area contributed by atoms with Gasteiger partial charge in [-0.1, -0.05) is 44.2 Å². The van der Waals surface area contributed by atoms with Gasteiger partial charge in [-0.3, -0.25) is 0 Å². The maximum Gasteiger partial charge on any atom is 0.0987 e. The van der Waals surface area contributed by atoms with E-state index in [1.165, 1.54) is 5.56 Å². The van der Waals surface area contributed by atoms with Crippen LogP contribution in [0.3, 0.4) is 0 Å². The first kappa shape index (κ1) is 15.5. The fourth-order valence-corrected chi connectivity index (χ4v) is 3.00. The fraction of sp³-hybridized carbons (Fsp3) is 0.647. The molecule has 0 saturated heterocycles. The summed E-state index contributed by atoms with van der Waals surface area (Å²) in [4.78, 5) is 0. The van der Waals surface area contributed by atoms with E-state index >= 15 is 0 Å². The van der Waals surface area contributed by atoms with Crippen molar-refractivity contribution >= 4 is 0 Å². The van der Waals surface area contributed by atoms with Crippen LogP contribution in [0.25, 0.3) is 0 Å². The van der Waals surface area contributed by atoms with Crippen LogP contribution in [0.4, 0.5) is 0 Å². The Balaban J connectivity index is 2.00. The second kappa shape index (κ2) is 7.21. The summed E-state index contributed by atoms with van der Waals surface area (Å²) < 4.78 is 11.3. The summed E-state index contributed by atoms with van der Waals surface area (Å²) in [5.74, 6) is 0.543. The van der Waals surface area contributed by atoms with Crippen molar-refractivity contribution in [3.63, 3.8) is 0 Å². The molecule has 112 valence electrons. The summed E-state index contributed by atoms with van der Waals surface area (Å²) in [6.45, 7) is 7.30. The Morgan fingerprint density at radius 1 is 1.25 bits per heavy atom. The predicted molar refractivity (Wildman–Crippen MR) is 81.8 cm³/mol. The second-order valence-corrected chi connectivity index (χ2v) is 5.84. The molecule has 0 spiro atoms. The van der Waals surface area contributed by atoms with Crippen LogP contribution in [-0.2, 0) is 9.47 Å². The number of benzene rings is 1. The predicted octanol–water partition coefficient (Wildman–Crippen LogP) is 3.17. The number of rotatable bonds is 7. The molecule has 4 unspecified atom stereocenters.